The molecule has 3 nitrogen and oxygen atoms in total. The fourth-order valence-corrected chi connectivity index (χ4v) is 3.54. The molecule has 0 saturated carbocycles. The Morgan fingerprint density at radius 2 is 2.05 bits per heavy atom. The molecule has 2 unspecified atom stereocenters. The van der Waals surface area contributed by atoms with E-state index in [0.29, 0.717) is 6.04 Å². The fraction of sp³-hybridized carbons (Fsp3) is 0.933. The molecule has 0 spiro atoms. The number of hydrogen-bond acceptors (Lipinski definition) is 3. The van der Waals surface area contributed by atoms with Crippen molar-refractivity contribution >= 4 is 16.9 Å². The van der Waals surface area contributed by atoms with Gasteiger partial charge in [-0.05, 0) is 52.7 Å². The smallest absolute Gasteiger partial charge is 0.157 e. The standard InChI is InChI=1S/C15H31N3S/c1-6-15(5)12-19-14(17-15)16-13(4)10-9-11-18(7-2)8-3/h13H,6-12H2,1-5H3,(H,16,17). The highest BCUT2D eigenvalue weighted by Crippen LogP contribution is 2.26. The molecule has 2 atom stereocenters. The van der Waals surface area contributed by atoms with Crippen LogP contribution in [0.4, 0.5) is 0 Å². The summed E-state index contributed by atoms with van der Waals surface area (Å²) in [5.74, 6) is 1.15. The average Bonchev–Trinajstić information content (AvgIpc) is 2.77. The Balaban J connectivity index is 2.29. The molecule has 112 valence electrons. The Morgan fingerprint density at radius 1 is 1.37 bits per heavy atom. The van der Waals surface area contributed by atoms with Gasteiger partial charge in [-0.3, -0.25) is 4.99 Å². The SMILES string of the molecule is CCN(CC)CCCC(C)N=C1NC(C)(CC)CS1. The summed E-state index contributed by atoms with van der Waals surface area (Å²) in [6.45, 7) is 14.7. The second-order valence-corrected chi connectivity index (χ2v) is 6.74. The number of nitrogens with zero attached hydrogens (tertiary/aromatic N) is 2. The highest BCUT2D eigenvalue weighted by Gasteiger charge is 2.30. The summed E-state index contributed by atoms with van der Waals surface area (Å²) in [6, 6.07) is 0.435. The van der Waals surface area contributed by atoms with Gasteiger partial charge in [0.25, 0.3) is 0 Å². The highest BCUT2D eigenvalue weighted by molar-refractivity contribution is 8.14. The lowest BCUT2D eigenvalue weighted by Gasteiger charge is -2.21. The monoisotopic (exact) mass is 285 g/mol. The summed E-state index contributed by atoms with van der Waals surface area (Å²) in [6.07, 6.45) is 3.59. The normalized spacial score (nSPS) is 26.9. The molecule has 0 radical (unpaired) electrons. The van der Waals surface area contributed by atoms with Gasteiger partial charge in [0.05, 0.1) is 6.04 Å². The lowest BCUT2D eigenvalue weighted by molar-refractivity contribution is 0.294. The van der Waals surface area contributed by atoms with Gasteiger partial charge in [0.2, 0.25) is 0 Å². The summed E-state index contributed by atoms with van der Waals surface area (Å²) in [4.78, 5) is 7.30. The molecule has 0 aromatic carbocycles. The average molecular weight is 286 g/mol. The minimum absolute atomic E-state index is 0.254. The third kappa shape index (κ3) is 5.74. The first-order chi connectivity index (χ1) is 9.03. The second kappa shape index (κ2) is 8.15. The Bertz CT molecular complexity index is 289. The van der Waals surface area contributed by atoms with E-state index < -0.39 is 0 Å². The molecule has 4 heteroatoms. The van der Waals surface area contributed by atoms with Crippen LogP contribution >= 0.6 is 11.8 Å². The zero-order chi connectivity index (χ0) is 14.3. The maximum atomic E-state index is 4.82. The Hall–Kier alpha value is -0.220. The van der Waals surface area contributed by atoms with Gasteiger partial charge in [-0.1, -0.05) is 32.5 Å². The Labute approximate surface area is 123 Å². The van der Waals surface area contributed by atoms with Gasteiger partial charge in [0.15, 0.2) is 5.17 Å². The lowest BCUT2D eigenvalue weighted by atomic mass is 10.0. The summed E-state index contributed by atoms with van der Waals surface area (Å²) >= 11 is 1.88. The van der Waals surface area contributed by atoms with Gasteiger partial charge in [0, 0.05) is 11.3 Å². The molecule has 1 fully saturated rings. The van der Waals surface area contributed by atoms with Crippen molar-refractivity contribution in [1.82, 2.24) is 10.2 Å². The predicted molar refractivity (Wildman–Crippen MR) is 88.2 cm³/mol. The van der Waals surface area contributed by atoms with Crippen molar-refractivity contribution in [2.24, 2.45) is 4.99 Å². The molecule has 1 rings (SSSR count). The van der Waals surface area contributed by atoms with Crippen molar-refractivity contribution in [2.45, 2.75) is 65.5 Å². The summed E-state index contributed by atoms with van der Waals surface area (Å²) in [5.41, 5.74) is 0.254. The van der Waals surface area contributed by atoms with Gasteiger partial charge >= 0.3 is 0 Å². The van der Waals surface area contributed by atoms with Crippen molar-refractivity contribution in [2.75, 3.05) is 25.4 Å². The summed E-state index contributed by atoms with van der Waals surface area (Å²) in [7, 11) is 0. The maximum Gasteiger partial charge on any atom is 0.157 e. The van der Waals surface area contributed by atoms with Crippen LogP contribution in [0, 0.1) is 0 Å². The first-order valence-electron chi connectivity index (χ1n) is 7.74. The maximum absolute atomic E-state index is 4.82. The number of aliphatic imine (C=N–C) groups is 1. The van der Waals surface area contributed by atoms with Crippen LogP contribution in [-0.2, 0) is 0 Å². The molecule has 0 aromatic rings. The van der Waals surface area contributed by atoms with Crippen molar-refractivity contribution in [3.05, 3.63) is 0 Å². The molecule has 1 saturated heterocycles. The molecule has 0 amide bonds. The van der Waals surface area contributed by atoms with Crippen molar-refractivity contribution in [3.8, 4) is 0 Å². The van der Waals surface area contributed by atoms with E-state index >= 15 is 0 Å². The Morgan fingerprint density at radius 3 is 2.58 bits per heavy atom. The van der Waals surface area contributed by atoms with Crippen LogP contribution in [0.25, 0.3) is 0 Å². The zero-order valence-corrected chi connectivity index (χ0v) is 14.1. The third-order valence-electron chi connectivity index (χ3n) is 4.04. The van der Waals surface area contributed by atoms with Crippen LogP contribution < -0.4 is 5.32 Å². The first kappa shape index (κ1) is 16.8. The quantitative estimate of drug-likeness (QED) is 0.741. The topological polar surface area (TPSA) is 27.6 Å². The molecule has 1 heterocycles. The van der Waals surface area contributed by atoms with Gasteiger partial charge in [0.1, 0.15) is 0 Å². The molecular formula is C15H31N3S. The second-order valence-electron chi connectivity index (χ2n) is 5.78. The number of nitrogens with one attached hydrogen (secondary N) is 1. The molecule has 19 heavy (non-hydrogen) atoms. The first-order valence-corrected chi connectivity index (χ1v) is 8.72. The van der Waals surface area contributed by atoms with Gasteiger partial charge < -0.3 is 10.2 Å². The predicted octanol–water partition coefficient (Wildman–Crippen LogP) is 3.36. The molecule has 1 aliphatic rings. The zero-order valence-electron chi connectivity index (χ0n) is 13.3. The van der Waals surface area contributed by atoms with Crippen LogP contribution in [0.5, 0.6) is 0 Å². The van der Waals surface area contributed by atoms with E-state index in [0.717, 1.165) is 30.4 Å². The van der Waals surface area contributed by atoms with Gasteiger partial charge in [-0.25, -0.2) is 0 Å². The fourth-order valence-electron chi connectivity index (χ4n) is 2.23. The van der Waals surface area contributed by atoms with Crippen molar-refractivity contribution < 1.29 is 0 Å². The highest BCUT2D eigenvalue weighted by atomic mass is 32.2. The lowest BCUT2D eigenvalue weighted by Crippen LogP contribution is -2.39. The van der Waals surface area contributed by atoms with Crippen LogP contribution in [0.1, 0.15) is 53.9 Å². The number of hydrogen-bond donors (Lipinski definition) is 1. The van der Waals surface area contributed by atoms with Gasteiger partial charge in [-0.15, -0.1) is 0 Å². The van der Waals surface area contributed by atoms with E-state index in [4.69, 9.17) is 4.99 Å². The third-order valence-corrected chi connectivity index (χ3v) is 5.31. The molecular weight excluding hydrogens is 254 g/mol. The van der Waals surface area contributed by atoms with E-state index in [9.17, 15) is 0 Å². The molecule has 1 aliphatic heterocycles. The largest absolute Gasteiger partial charge is 0.359 e. The number of thioether (sulfide) groups is 1. The van der Waals surface area contributed by atoms with E-state index in [1.54, 1.807) is 0 Å². The van der Waals surface area contributed by atoms with E-state index in [1.165, 1.54) is 19.4 Å². The molecule has 1 N–H and O–H groups in total. The summed E-state index contributed by atoms with van der Waals surface area (Å²) < 4.78 is 0. The van der Waals surface area contributed by atoms with Crippen LogP contribution in [-0.4, -0.2) is 47.0 Å². The van der Waals surface area contributed by atoms with Crippen molar-refractivity contribution in [3.63, 3.8) is 0 Å². The van der Waals surface area contributed by atoms with Gasteiger partial charge in [-0.2, -0.15) is 0 Å². The van der Waals surface area contributed by atoms with Crippen LogP contribution in [0.2, 0.25) is 0 Å². The molecule has 0 bridgehead atoms. The van der Waals surface area contributed by atoms with E-state index in [2.05, 4.69) is 44.8 Å². The number of amidine groups is 1. The molecule has 0 aromatic heterocycles. The van der Waals surface area contributed by atoms with E-state index in [-0.39, 0.29) is 5.54 Å². The van der Waals surface area contributed by atoms with Crippen molar-refractivity contribution in [1.29, 1.82) is 0 Å². The minimum Gasteiger partial charge on any atom is -0.359 e. The minimum atomic E-state index is 0.254. The van der Waals surface area contributed by atoms with Crippen LogP contribution in [0.15, 0.2) is 4.99 Å². The van der Waals surface area contributed by atoms with E-state index in [1.807, 2.05) is 11.8 Å². The number of rotatable bonds is 8. The molecule has 0 aliphatic carbocycles. The van der Waals surface area contributed by atoms with Crippen LogP contribution in [0.3, 0.4) is 0 Å². The summed E-state index contributed by atoms with van der Waals surface area (Å²) in [5, 5.41) is 4.72. The Kier molecular flexibility index (Phi) is 7.22.